The Morgan fingerprint density at radius 1 is 1.13 bits per heavy atom. The molecule has 3 aromatic rings. The first-order chi connectivity index (χ1) is 11.4. The van der Waals surface area contributed by atoms with Crippen molar-refractivity contribution in [2.75, 3.05) is 18.4 Å². The number of fused-ring (bicyclic) bond motifs is 1. The summed E-state index contributed by atoms with van der Waals surface area (Å²) in [5.41, 5.74) is 2.36. The summed E-state index contributed by atoms with van der Waals surface area (Å²) in [7, 11) is 0. The molecular weight excluding hydrogens is 286 g/mol. The molecule has 5 heteroatoms. The van der Waals surface area contributed by atoms with Crippen LogP contribution >= 0.6 is 0 Å². The van der Waals surface area contributed by atoms with Gasteiger partial charge in [0.05, 0.1) is 0 Å². The highest BCUT2D eigenvalue weighted by Gasteiger charge is 2.22. The predicted octanol–water partition coefficient (Wildman–Crippen LogP) is 2.96. The van der Waals surface area contributed by atoms with Crippen LogP contribution in [0.2, 0.25) is 0 Å². The van der Waals surface area contributed by atoms with E-state index in [9.17, 15) is 0 Å². The normalized spacial score (nSPS) is 18.3. The van der Waals surface area contributed by atoms with Gasteiger partial charge in [-0.05, 0) is 18.6 Å². The summed E-state index contributed by atoms with van der Waals surface area (Å²) < 4.78 is 0. The van der Waals surface area contributed by atoms with Crippen LogP contribution < -0.4 is 5.32 Å². The van der Waals surface area contributed by atoms with Crippen molar-refractivity contribution >= 4 is 16.5 Å². The Morgan fingerprint density at radius 3 is 2.96 bits per heavy atom. The molecule has 1 N–H and O–H groups in total. The first kappa shape index (κ1) is 14.1. The van der Waals surface area contributed by atoms with Crippen LogP contribution in [0.1, 0.15) is 13.4 Å². The van der Waals surface area contributed by atoms with Crippen molar-refractivity contribution < 1.29 is 1.43 Å². The van der Waals surface area contributed by atoms with Gasteiger partial charge in [-0.3, -0.25) is 9.88 Å². The van der Waals surface area contributed by atoms with E-state index in [1.54, 1.807) is 6.33 Å². The van der Waals surface area contributed by atoms with Crippen molar-refractivity contribution in [2.24, 2.45) is 0 Å². The van der Waals surface area contributed by atoms with E-state index < -0.39 is 0 Å². The highest BCUT2D eigenvalue weighted by Crippen LogP contribution is 2.25. The SMILES string of the molecule is [HH].c1cc(N[C@@H]2CCN(Cc3cncnc3)C2)c2ccncc2c1. The lowest BCUT2D eigenvalue weighted by molar-refractivity contribution is 0.328. The van der Waals surface area contributed by atoms with Crippen molar-refractivity contribution in [1.82, 2.24) is 19.9 Å². The summed E-state index contributed by atoms with van der Waals surface area (Å²) in [5.74, 6) is 0. The highest BCUT2D eigenvalue weighted by molar-refractivity contribution is 5.93. The van der Waals surface area contributed by atoms with Crippen LogP contribution in [-0.4, -0.2) is 39.0 Å². The Morgan fingerprint density at radius 2 is 2.04 bits per heavy atom. The van der Waals surface area contributed by atoms with Crippen LogP contribution in [0.4, 0.5) is 5.69 Å². The summed E-state index contributed by atoms with van der Waals surface area (Å²) >= 11 is 0. The van der Waals surface area contributed by atoms with Crippen molar-refractivity contribution in [3.05, 3.63) is 60.9 Å². The van der Waals surface area contributed by atoms with Crippen LogP contribution in [0, 0.1) is 0 Å². The van der Waals surface area contributed by atoms with Gasteiger partial charge in [0.1, 0.15) is 6.33 Å². The third-order valence-electron chi connectivity index (χ3n) is 4.33. The molecule has 0 radical (unpaired) electrons. The average Bonchev–Trinajstić information content (AvgIpc) is 3.03. The van der Waals surface area contributed by atoms with Gasteiger partial charge in [0.25, 0.3) is 0 Å². The van der Waals surface area contributed by atoms with Crippen LogP contribution in [0.25, 0.3) is 10.8 Å². The quantitative estimate of drug-likeness (QED) is 0.803. The van der Waals surface area contributed by atoms with E-state index in [4.69, 9.17) is 0 Å². The predicted molar refractivity (Wildman–Crippen MR) is 93.2 cm³/mol. The summed E-state index contributed by atoms with van der Waals surface area (Å²) in [6.45, 7) is 3.05. The molecule has 0 spiro atoms. The van der Waals surface area contributed by atoms with E-state index in [2.05, 4.69) is 49.4 Å². The lowest BCUT2D eigenvalue weighted by Crippen LogP contribution is -2.26. The Balaban J connectivity index is 0.00000169. The third kappa shape index (κ3) is 3.14. The largest absolute Gasteiger partial charge is 0.380 e. The van der Waals surface area contributed by atoms with E-state index in [0.29, 0.717) is 6.04 Å². The van der Waals surface area contributed by atoms with Crippen LogP contribution in [0.15, 0.2) is 55.4 Å². The zero-order valence-corrected chi connectivity index (χ0v) is 12.9. The molecule has 2 aromatic heterocycles. The fourth-order valence-electron chi connectivity index (χ4n) is 3.23. The number of aromatic nitrogens is 3. The van der Waals surface area contributed by atoms with E-state index in [-0.39, 0.29) is 1.43 Å². The fraction of sp³-hybridized carbons (Fsp3) is 0.278. The van der Waals surface area contributed by atoms with Gasteiger partial charge < -0.3 is 5.32 Å². The van der Waals surface area contributed by atoms with Gasteiger partial charge in [0.15, 0.2) is 0 Å². The Bertz CT molecular complexity index is 790. The maximum Gasteiger partial charge on any atom is 0.115 e. The van der Waals surface area contributed by atoms with E-state index >= 15 is 0 Å². The third-order valence-corrected chi connectivity index (χ3v) is 4.33. The van der Waals surface area contributed by atoms with Crippen molar-refractivity contribution in [3.8, 4) is 0 Å². The lowest BCUT2D eigenvalue weighted by Gasteiger charge is -2.18. The maximum atomic E-state index is 4.20. The summed E-state index contributed by atoms with van der Waals surface area (Å²) in [6, 6.07) is 8.88. The topological polar surface area (TPSA) is 53.9 Å². The Kier molecular flexibility index (Phi) is 3.86. The molecule has 1 fully saturated rings. The molecule has 4 rings (SSSR count). The van der Waals surface area contributed by atoms with Gasteiger partial charge in [-0.2, -0.15) is 0 Å². The number of nitrogens with one attached hydrogen (secondary N) is 1. The molecule has 1 aromatic carbocycles. The summed E-state index contributed by atoms with van der Waals surface area (Å²) in [4.78, 5) is 14.8. The molecule has 1 atom stereocenters. The van der Waals surface area contributed by atoms with Gasteiger partial charge in [0.2, 0.25) is 0 Å². The molecule has 1 aliphatic heterocycles. The zero-order valence-electron chi connectivity index (χ0n) is 12.9. The van der Waals surface area contributed by atoms with Crippen LogP contribution in [0.3, 0.4) is 0 Å². The molecule has 1 saturated heterocycles. The van der Waals surface area contributed by atoms with Gasteiger partial charge in [-0.15, -0.1) is 0 Å². The highest BCUT2D eigenvalue weighted by atomic mass is 15.2. The van der Waals surface area contributed by atoms with Crippen LogP contribution in [0.5, 0.6) is 0 Å². The number of likely N-dealkylation sites (tertiary alicyclic amines) is 1. The second-order valence-corrected chi connectivity index (χ2v) is 6.01. The molecule has 5 nitrogen and oxygen atoms in total. The second-order valence-electron chi connectivity index (χ2n) is 6.01. The van der Waals surface area contributed by atoms with Gasteiger partial charge in [-0.1, -0.05) is 12.1 Å². The molecule has 118 valence electrons. The van der Waals surface area contributed by atoms with Crippen molar-refractivity contribution in [2.45, 2.75) is 19.0 Å². The van der Waals surface area contributed by atoms with Crippen molar-refractivity contribution in [1.29, 1.82) is 0 Å². The number of hydrogen-bond acceptors (Lipinski definition) is 5. The van der Waals surface area contributed by atoms with E-state index in [0.717, 1.165) is 26.1 Å². The monoisotopic (exact) mass is 307 g/mol. The molecule has 23 heavy (non-hydrogen) atoms. The first-order valence-corrected chi connectivity index (χ1v) is 7.94. The molecule has 0 bridgehead atoms. The number of benzene rings is 1. The minimum Gasteiger partial charge on any atom is -0.380 e. The van der Waals surface area contributed by atoms with Crippen LogP contribution in [-0.2, 0) is 6.54 Å². The Hall–Kier alpha value is -2.53. The maximum absolute atomic E-state index is 4.20. The van der Waals surface area contributed by atoms with Crippen molar-refractivity contribution in [3.63, 3.8) is 0 Å². The molecule has 0 unspecified atom stereocenters. The molecule has 1 aliphatic rings. The first-order valence-electron chi connectivity index (χ1n) is 7.94. The minimum absolute atomic E-state index is 0. The number of nitrogens with zero attached hydrogens (tertiary/aromatic N) is 4. The molecule has 0 saturated carbocycles. The molecule has 3 heterocycles. The number of rotatable bonds is 4. The zero-order chi connectivity index (χ0) is 15.5. The van der Waals surface area contributed by atoms with E-state index in [1.807, 2.05) is 24.8 Å². The number of anilines is 1. The lowest BCUT2D eigenvalue weighted by atomic mass is 10.1. The minimum atomic E-state index is 0. The summed E-state index contributed by atoms with van der Waals surface area (Å²) in [6.07, 6.45) is 10.3. The average molecular weight is 307 g/mol. The standard InChI is InChI=1S/C18H19N5.H2/c1-2-15-10-19-6-4-17(15)18(3-1)22-16-5-7-23(12-16)11-14-8-20-13-21-9-14;/h1-4,6,8-10,13,16,22H,5,7,11-12H2;1H/t16-;/m1./s1. The van der Waals surface area contributed by atoms with Gasteiger partial charge in [-0.25, -0.2) is 9.97 Å². The number of pyridine rings is 1. The van der Waals surface area contributed by atoms with Gasteiger partial charge >= 0.3 is 0 Å². The second kappa shape index (κ2) is 6.30. The Labute approximate surface area is 136 Å². The van der Waals surface area contributed by atoms with Gasteiger partial charge in [0, 0.05) is 73.9 Å². The molecular formula is C18H21N5. The molecule has 0 amide bonds. The smallest absolute Gasteiger partial charge is 0.115 e. The molecule has 0 aliphatic carbocycles. The fourth-order valence-corrected chi connectivity index (χ4v) is 3.23. The van der Waals surface area contributed by atoms with E-state index in [1.165, 1.54) is 22.0 Å². The summed E-state index contributed by atoms with van der Waals surface area (Å²) in [5, 5.41) is 6.11. The number of hydrogen-bond donors (Lipinski definition) is 1.